The zero-order valence-electron chi connectivity index (χ0n) is 19.9. The molecular weight excluding hydrogens is 454 g/mol. The summed E-state index contributed by atoms with van der Waals surface area (Å²) < 4.78 is 6.09. The van der Waals surface area contributed by atoms with E-state index in [2.05, 4.69) is 88.8 Å². The zero-order valence-corrected chi connectivity index (χ0v) is 19.9. The molecule has 7 rings (SSSR count). The van der Waals surface area contributed by atoms with Gasteiger partial charge in [0.05, 0.1) is 0 Å². The number of fused-ring (bicyclic) bond motifs is 3. The maximum absolute atomic E-state index is 6.09. The highest BCUT2D eigenvalue weighted by Gasteiger charge is 2.13. The summed E-state index contributed by atoms with van der Waals surface area (Å²) >= 11 is 0. The van der Waals surface area contributed by atoms with Gasteiger partial charge in [-0.2, -0.15) is 0 Å². The Balaban J connectivity index is 1.35. The third-order valence-electron chi connectivity index (χ3n) is 6.61. The Kier molecular flexibility index (Phi) is 5.07. The van der Waals surface area contributed by atoms with Crippen LogP contribution in [-0.2, 0) is 0 Å². The molecule has 4 nitrogen and oxygen atoms in total. The van der Waals surface area contributed by atoms with Gasteiger partial charge in [-0.3, -0.25) is 0 Å². The highest BCUT2D eigenvalue weighted by atomic mass is 16.3. The van der Waals surface area contributed by atoms with E-state index in [0.717, 1.165) is 55.3 Å². The Morgan fingerprint density at radius 1 is 0.405 bits per heavy atom. The number of benzene rings is 5. The van der Waals surface area contributed by atoms with E-state index in [4.69, 9.17) is 9.40 Å². The third-order valence-corrected chi connectivity index (χ3v) is 6.61. The monoisotopic (exact) mass is 475 g/mol. The number of aromatic nitrogens is 3. The standard InChI is InChI=1S/C33H21N3O/c1-3-9-22(10-4-1)25-17-26(23-11-5-2-6-12-23)19-27(18-25)33-35-21-34-32(36-33)24-15-16-29-28-13-7-8-14-30(28)37-31(29)20-24/h1-21H. The van der Waals surface area contributed by atoms with Crippen LogP contribution in [0.5, 0.6) is 0 Å². The molecule has 0 amide bonds. The van der Waals surface area contributed by atoms with E-state index >= 15 is 0 Å². The molecule has 4 heteroatoms. The number of furan rings is 1. The van der Waals surface area contributed by atoms with Crippen molar-refractivity contribution in [2.75, 3.05) is 0 Å². The number of nitrogens with zero attached hydrogens (tertiary/aromatic N) is 3. The fourth-order valence-electron chi connectivity index (χ4n) is 4.79. The highest BCUT2D eigenvalue weighted by molar-refractivity contribution is 6.05. The summed E-state index contributed by atoms with van der Waals surface area (Å²) in [6.45, 7) is 0. The second-order valence-corrected chi connectivity index (χ2v) is 8.97. The van der Waals surface area contributed by atoms with Crippen molar-refractivity contribution in [3.05, 3.63) is 128 Å². The van der Waals surface area contributed by atoms with Crippen molar-refractivity contribution in [2.24, 2.45) is 0 Å². The molecule has 0 saturated heterocycles. The van der Waals surface area contributed by atoms with Gasteiger partial charge in [0.2, 0.25) is 0 Å². The fourth-order valence-corrected chi connectivity index (χ4v) is 4.79. The molecule has 0 N–H and O–H groups in total. The lowest BCUT2D eigenvalue weighted by atomic mass is 9.96. The van der Waals surface area contributed by atoms with Gasteiger partial charge in [0.15, 0.2) is 11.6 Å². The van der Waals surface area contributed by atoms with Crippen molar-refractivity contribution < 1.29 is 4.42 Å². The quantitative estimate of drug-likeness (QED) is 0.256. The van der Waals surface area contributed by atoms with Gasteiger partial charge in [0.1, 0.15) is 17.5 Å². The minimum Gasteiger partial charge on any atom is -0.456 e. The number of hydrogen-bond donors (Lipinski definition) is 0. The Hall–Kier alpha value is -5.09. The molecule has 2 aromatic heterocycles. The van der Waals surface area contributed by atoms with Crippen LogP contribution in [0.4, 0.5) is 0 Å². The smallest absolute Gasteiger partial charge is 0.163 e. The third kappa shape index (κ3) is 3.95. The number of para-hydroxylation sites is 1. The second-order valence-electron chi connectivity index (χ2n) is 8.97. The lowest BCUT2D eigenvalue weighted by molar-refractivity contribution is 0.669. The van der Waals surface area contributed by atoms with Gasteiger partial charge < -0.3 is 4.42 Å². The normalized spacial score (nSPS) is 11.2. The maximum atomic E-state index is 6.09. The van der Waals surface area contributed by atoms with Crippen LogP contribution in [0.25, 0.3) is 67.0 Å². The Morgan fingerprint density at radius 3 is 1.68 bits per heavy atom. The molecule has 0 unspecified atom stereocenters. The van der Waals surface area contributed by atoms with Gasteiger partial charge in [0.25, 0.3) is 0 Å². The van der Waals surface area contributed by atoms with Crippen molar-refractivity contribution in [1.82, 2.24) is 15.0 Å². The molecule has 174 valence electrons. The lowest BCUT2D eigenvalue weighted by Crippen LogP contribution is -1.96. The minimum atomic E-state index is 0.610. The zero-order chi connectivity index (χ0) is 24.6. The number of rotatable bonds is 4. The molecule has 2 heterocycles. The Labute approximate surface area is 213 Å². The molecule has 0 saturated carbocycles. The van der Waals surface area contributed by atoms with Crippen LogP contribution in [0, 0.1) is 0 Å². The average molecular weight is 476 g/mol. The van der Waals surface area contributed by atoms with Crippen molar-refractivity contribution in [3.8, 4) is 45.0 Å². The summed E-state index contributed by atoms with van der Waals surface area (Å²) in [5.41, 5.74) is 8.03. The van der Waals surface area contributed by atoms with E-state index in [1.54, 1.807) is 6.33 Å². The van der Waals surface area contributed by atoms with Crippen LogP contribution in [0.1, 0.15) is 0 Å². The second kappa shape index (κ2) is 8.85. The first-order valence-corrected chi connectivity index (χ1v) is 12.2. The van der Waals surface area contributed by atoms with Crippen LogP contribution in [0.3, 0.4) is 0 Å². The minimum absolute atomic E-state index is 0.610. The predicted octanol–water partition coefficient (Wildman–Crippen LogP) is 8.44. The van der Waals surface area contributed by atoms with Crippen molar-refractivity contribution in [1.29, 1.82) is 0 Å². The molecule has 0 radical (unpaired) electrons. The first-order chi connectivity index (χ1) is 18.3. The molecule has 0 spiro atoms. The molecule has 0 aliphatic carbocycles. The van der Waals surface area contributed by atoms with Crippen LogP contribution >= 0.6 is 0 Å². The van der Waals surface area contributed by atoms with Gasteiger partial charge in [0, 0.05) is 21.9 Å². The summed E-state index contributed by atoms with van der Waals surface area (Å²) in [7, 11) is 0. The lowest BCUT2D eigenvalue weighted by Gasteiger charge is -2.11. The molecule has 0 aliphatic heterocycles. The van der Waals surface area contributed by atoms with Crippen LogP contribution in [0.15, 0.2) is 132 Å². The van der Waals surface area contributed by atoms with Crippen LogP contribution in [-0.4, -0.2) is 15.0 Å². The Morgan fingerprint density at radius 2 is 0.973 bits per heavy atom. The fraction of sp³-hybridized carbons (Fsp3) is 0. The maximum Gasteiger partial charge on any atom is 0.163 e. The summed E-state index contributed by atoms with van der Waals surface area (Å²) in [4.78, 5) is 13.9. The van der Waals surface area contributed by atoms with E-state index in [1.807, 2.05) is 42.5 Å². The van der Waals surface area contributed by atoms with Gasteiger partial charge >= 0.3 is 0 Å². The van der Waals surface area contributed by atoms with E-state index < -0.39 is 0 Å². The van der Waals surface area contributed by atoms with E-state index in [-0.39, 0.29) is 0 Å². The summed E-state index contributed by atoms with van der Waals surface area (Å²) in [6.07, 6.45) is 1.58. The van der Waals surface area contributed by atoms with Crippen LogP contribution in [0.2, 0.25) is 0 Å². The molecule has 5 aromatic carbocycles. The largest absolute Gasteiger partial charge is 0.456 e. The molecule has 0 aliphatic rings. The molecule has 0 atom stereocenters. The first-order valence-electron chi connectivity index (χ1n) is 12.2. The SMILES string of the molecule is c1ccc(-c2cc(-c3ccccc3)cc(-c3ncnc(-c4ccc5c(c4)oc4ccccc45)n3)c2)cc1. The summed E-state index contributed by atoms with van der Waals surface area (Å²) in [5, 5.41) is 2.18. The predicted molar refractivity (Wildman–Crippen MR) is 149 cm³/mol. The average Bonchev–Trinajstić information content (AvgIpc) is 3.36. The van der Waals surface area contributed by atoms with E-state index in [1.165, 1.54) is 0 Å². The molecule has 7 aromatic rings. The van der Waals surface area contributed by atoms with Crippen molar-refractivity contribution >= 4 is 21.9 Å². The van der Waals surface area contributed by atoms with Crippen LogP contribution < -0.4 is 0 Å². The highest BCUT2D eigenvalue weighted by Crippen LogP contribution is 2.33. The summed E-state index contributed by atoms with van der Waals surface area (Å²) in [6, 6.07) is 41.4. The van der Waals surface area contributed by atoms with Crippen molar-refractivity contribution in [3.63, 3.8) is 0 Å². The molecule has 0 fully saturated rings. The van der Waals surface area contributed by atoms with Gasteiger partial charge in [-0.15, -0.1) is 0 Å². The Bertz CT molecular complexity index is 1820. The summed E-state index contributed by atoms with van der Waals surface area (Å²) in [5.74, 6) is 1.24. The van der Waals surface area contributed by atoms with E-state index in [0.29, 0.717) is 11.6 Å². The van der Waals surface area contributed by atoms with Crippen molar-refractivity contribution in [2.45, 2.75) is 0 Å². The molecule has 37 heavy (non-hydrogen) atoms. The molecular formula is C33H21N3O. The topological polar surface area (TPSA) is 51.8 Å². The number of hydrogen-bond acceptors (Lipinski definition) is 4. The first kappa shape index (κ1) is 21.2. The van der Waals surface area contributed by atoms with Gasteiger partial charge in [-0.25, -0.2) is 15.0 Å². The molecule has 0 bridgehead atoms. The van der Waals surface area contributed by atoms with Gasteiger partial charge in [-0.1, -0.05) is 84.9 Å². The van der Waals surface area contributed by atoms with Gasteiger partial charge in [-0.05, 0) is 58.7 Å². The van der Waals surface area contributed by atoms with E-state index in [9.17, 15) is 0 Å².